The summed E-state index contributed by atoms with van der Waals surface area (Å²) < 4.78 is 4.33. The first kappa shape index (κ1) is 28.7. The second-order valence-electron chi connectivity index (χ2n) is 5.52. The zero-order chi connectivity index (χ0) is 22.1. The molecule has 0 amide bonds. The van der Waals surface area contributed by atoms with Gasteiger partial charge in [0.1, 0.15) is 12.7 Å². The van der Waals surface area contributed by atoms with Crippen molar-refractivity contribution in [2.45, 2.75) is 33.2 Å². The Kier molecular flexibility index (Phi) is 16.8. The van der Waals surface area contributed by atoms with Gasteiger partial charge in [-0.1, -0.05) is 68.1 Å². The number of hydrogen-bond acceptors (Lipinski definition) is 6. The number of hydrogen-bond donors (Lipinski definition) is 3. The molecule has 2 aromatic rings. The molecule has 8 nitrogen and oxygen atoms in total. The van der Waals surface area contributed by atoms with E-state index in [1.54, 1.807) is 19.1 Å². The van der Waals surface area contributed by atoms with Crippen LogP contribution in [0.2, 0.25) is 0 Å². The molecule has 0 aliphatic carbocycles. The topological polar surface area (TPSA) is 144 Å². The summed E-state index contributed by atoms with van der Waals surface area (Å²) in [5.74, 6) is -2.72. The third-order valence-corrected chi connectivity index (χ3v) is 3.16. The van der Waals surface area contributed by atoms with Crippen LogP contribution in [-0.2, 0) is 19.1 Å². The van der Waals surface area contributed by atoms with Gasteiger partial charge in [0.2, 0.25) is 0 Å². The number of esters is 1. The molecule has 0 saturated carbocycles. The van der Waals surface area contributed by atoms with E-state index in [0.29, 0.717) is 0 Å². The Morgan fingerprint density at radius 3 is 1.83 bits per heavy atom. The van der Waals surface area contributed by atoms with Crippen molar-refractivity contribution in [3.05, 3.63) is 71.8 Å². The standard InChI is InChI=1S/C9H11NO2.C7H6O.C5H8O4.CH4/c10-8(6-9(11)12)7-4-2-1-3-5-7;8-6-7-4-2-1-3-5-7;1-2-9-5(8)3-4(6)7;/h1-5,8H,6,10H2,(H,11,12);1-6H;2-3H2,1H3,(H,6,7);1H4. The summed E-state index contributed by atoms with van der Waals surface area (Å²) >= 11 is 0. The summed E-state index contributed by atoms with van der Waals surface area (Å²) in [6.07, 6.45) is 0.262. The summed E-state index contributed by atoms with van der Waals surface area (Å²) in [5.41, 5.74) is 7.21. The number of nitrogens with two attached hydrogens (primary N) is 1. The third kappa shape index (κ3) is 15.5. The van der Waals surface area contributed by atoms with Crippen molar-refractivity contribution in [3.8, 4) is 0 Å². The molecule has 0 radical (unpaired) electrons. The summed E-state index contributed by atoms with van der Waals surface area (Å²) in [6.45, 7) is 1.85. The SMILES string of the molecule is C.CCOC(=O)CC(=O)O.NC(CC(=O)O)c1ccccc1.O=Cc1ccccc1. The summed E-state index contributed by atoms with van der Waals surface area (Å²) in [4.78, 5) is 40.3. The van der Waals surface area contributed by atoms with Crippen LogP contribution in [-0.4, -0.2) is 41.0 Å². The molecule has 0 heterocycles. The number of carboxylic acids is 2. The first-order valence-electron chi connectivity index (χ1n) is 8.70. The summed E-state index contributed by atoms with van der Waals surface area (Å²) in [6, 6.07) is 17.9. The van der Waals surface area contributed by atoms with Crippen molar-refractivity contribution < 1.29 is 34.1 Å². The predicted octanol–water partition coefficient (Wildman–Crippen LogP) is 3.32. The van der Waals surface area contributed by atoms with Gasteiger partial charge in [-0.2, -0.15) is 0 Å². The van der Waals surface area contributed by atoms with Gasteiger partial charge in [0.05, 0.1) is 13.0 Å². The first-order valence-corrected chi connectivity index (χ1v) is 8.70. The minimum atomic E-state index is -1.16. The fourth-order valence-corrected chi connectivity index (χ4v) is 1.87. The number of ether oxygens (including phenoxy) is 1. The van der Waals surface area contributed by atoms with E-state index in [9.17, 15) is 19.2 Å². The molecule has 0 spiro atoms. The number of carbonyl (C=O) groups is 4. The lowest BCUT2D eigenvalue weighted by molar-refractivity contribution is -0.151. The van der Waals surface area contributed by atoms with Crippen LogP contribution in [0.1, 0.15) is 49.2 Å². The maximum atomic E-state index is 10.3. The van der Waals surface area contributed by atoms with Crippen LogP contribution < -0.4 is 5.73 Å². The van der Waals surface area contributed by atoms with Crippen LogP contribution in [0.4, 0.5) is 0 Å². The van der Waals surface area contributed by atoms with Gasteiger partial charge in [-0.3, -0.25) is 19.2 Å². The molecule has 2 aromatic carbocycles. The molecule has 0 bridgehead atoms. The van der Waals surface area contributed by atoms with Crippen LogP contribution in [0.5, 0.6) is 0 Å². The Labute approximate surface area is 176 Å². The van der Waals surface area contributed by atoms with Gasteiger partial charge in [0, 0.05) is 11.6 Å². The molecule has 164 valence electrons. The maximum Gasteiger partial charge on any atom is 0.317 e. The number of aldehydes is 1. The van der Waals surface area contributed by atoms with Crippen LogP contribution in [0.15, 0.2) is 60.7 Å². The Balaban J connectivity index is 0. The molecule has 8 heteroatoms. The fraction of sp³-hybridized carbons (Fsp3) is 0.273. The molecule has 30 heavy (non-hydrogen) atoms. The average molecular weight is 419 g/mol. The van der Waals surface area contributed by atoms with Crippen molar-refractivity contribution in [1.29, 1.82) is 0 Å². The van der Waals surface area contributed by atoms with E-state index in [2.05, 4.69) is 4.74 Å². The molecule has 1 unspecified atom stereocenters. The molecule has 1 atom stereocenters. The first-order chi connectivity index (χ1) is 13.8. The van der Waals surface area contributed by atoms with Crippen LogP contribution in [0.3, 0.4) is 0 Å². The lowest BCUT2D eigenvalue weighted by Crippen LogP contribution is -2.14. The lowest BCUT2D eigenvalue weighted by Gasteiger charge is -2.07. The van der Waals surface area contributed by atoms with E-state index in [4.69, 9.17) is 15.9 Å². The Morgan fingerprint density at radius 2 is 1.47 bits per heavy atom. The zero-order valence-electron chi connectivity index (χ0n) is 16.1. The van der Waals surface area contributed by atoms with Crippen LogP contribution in [0, 0.1) is 0 Å². The van der Waals surface area contributed by atoms with E-state index < -0.39 is 30.4 Å². The summed E-state index contributed by atoms with van der Waals surface area (Å²) in [7, 11) is 0. The predicted molar refractivity (Wildman–Crippen MR) is 113 cm³/mol. The monoisotopic (exact) mass is 419 g/mol. The highest BCUT2D eigenvalue weighted by molar-refractivity contribution is 5.90. The minimum Gasteiger partial charge on any atom is -0.481 e. The molecule has 0 aromatic heterocycles. The second-order valence-corrected chi connectivity index (χ2v) is 5.52. The van der Waals surface area contributed by atoms with Crippen molar-refractivity contribution in [1.82, 2.24) is 0 Å². The Bertz CT molecular complexity index is 749. The van der Waals surface area contributed by atoms with Crippen LogP contribution in [0.25, 0.3) is 0 Å². The van der Waals surface area contributed by atoms with Gasteiger partial charge in [-0.05, 0) is 12.5 Å². The smallest absolute Gasteiger partial charge is 0.317 e. The second kappa shape index (κ2) is 17.6. The van der Waals surface area contributed by atoms with E-state index in [1.165, 1.54) is 0 Å². The molecular weight excluding hydrogens is 390 g/mol. The van der Waals surface area contributed by atoms with Gasteiger partial charge >= 0.3 is 17.9 Å². The van der Waals surface area contributed by atoms with Crippen molar-refractivity contribution >= 4 is 24.2 Å². The van der Waals surface area contributed by atoms with Crippen molar-refractivity contribution in [2.24, 2.45) is 5.73 Å². The van der Waals surface area contributed by atoms with E-state index in [0.717, 1.165) is 17.4 Å². The van der Waals surface area contributed by atoms with E-state index in [1.807, 2.05) is 48.5 Å². The van der Waals surface area contributed by atoms with Crippen LogP contribution >= 0.6 is 0 Å². The Morgan fingerprint density at radius 1 is 0.967 bits per heavy atom. The number of carbonyl (C=O) groups excluding carboxylic acids is 2. The molecule has 0 saturated heterocycles. The molecule has 4 N–H and O–H groups in total. The van der Waals surface area contributed by atoms with Gasteiger partial charge < -0.3 is 20.7 Å². The summed E-state index contributed by atoms with van der Waals surface area (Å²) in [5, 5.41) is 16.5. The van der Waals surface area contributed by atoms with E-state index >= 15 is 0 Å². The molecule has 0 aliphatic rings. The number of aliphatic carboxylic acids is 2. The Hall–Kier alpha value is -3.52. The van der Waals surface area contributed by atoms with E-state index in [-0.39, 0.29) is 20.5 Å². The minimum absolute atomic E-state index is 0. The molecule has 0 aliphatic heterocycles. The van der Waals surface area contributed by atoms with Gasteiger partial charge in [0.25, 0.3) is 0 Å². The number of benzene rings is 2. The highest BCUT2D eigenvalue weighted by Gasteiger charge is 2.09. The number of carboxylic acid groups (broad SMARTS) is 2. The molecule has 2 rings (SSSR count). The lowest BCUT2D eigenvalue weighted by atomic mass is 10.1. The highest BCUT2D eigenvalue weighted by atomic mass is 16.5. The fourth-order valence-electron chi connectivity index (χ4n) is 1.87. The third-order valence-electron chi connectivity index (χ3n) is 3.16. The largest absolute Gasteiger partial charge is 0.481 e. The molecular formula is C22H29NO7. The average Bonchev–Trinajstić information content (AvgIpc) is 2.69. The van der Waals surface area contributed by atoms with Gasteiger partial charge in [0.15, 0.2) is 0 Å². The van der Waals surface area contributed by atoms with Crippen molar-refractivity contribution in [2.75, 3.05) is 6.61 Å². The van der Waals surface area contributed by atoms with Crippen molar-refractivity contribution in [3.63, 3.8) is 0 Å². The molecule has 0 fully saturated rings. The normalized spacial score (nSPS) is 9.80. The maximum absolute atomic E-state index is 10.3. The zero-order valence-corrected chi connectivity index (χ0v) is 16.1. The number of rotatable bonds is 7. The van der Waals surface area contributed by atoms with Gasteiger partial charge in [-0.25, -0.2) is 0 Å². The quantitative estimate of drug-likeness (QED) is 0.352. The highest BCUT2D eigenvalue weighted by Crippen LogP contribution is 2.12. The van der Waals surface area contributed by atoms with Gasteiger partial charge in [-0.15, -0.1) is 0 Å².